The highest BCUT2D eigenvalue weighted by atomic mass is 32.2. The molecule has 0 amide bonds. The second-order valence-corrected chi connectivity index (χ2v) is 4.61. The van der Waals surface area contributed by atoms with Crippen LogP contribution in [-0.2, 0) is 0 Å². The fourth-order valence-corrected chi connectivity index (χ4v) is 2.45. The number of nitrogens with one attached hydrogen (secondary N) is 1. The molecular formula is C11H17N3S. The maximum atomic E-state index is 7.55. The molecule has 3 nitrogen and oxygen atoms in total. The van der Waals surface area contributed by atoms with Crippen molar-refractivity contribution >= 4 is 17.6 Å². The molecule has 1 heterocycles. The van der Waals surface area contributed by atoms with Gasteiger partial charge in [0.2, 0.25) is 0 Å². The quantitative estimate of drug-likeness (QED) is 0.468. The van der Waals surface area contributed by atoms with Crippen LogP contribution in [0.1, 0.15) is 30.2 Å². The minimum absolute atomic E-state index is 0.110. The van der Waals surface area contributed by atoms with Gasteiger partial charge in [-0.2, -0.15) is 0 Å². The van der Waals surface area contributed by atoms with Crippen molar-refractivity contribution in [3.63, 3.8) is 0 Å². The van der Waals surface area contributed by atoms with Crippen LogP contribution in [0.5, 0.6) is 0 Å². The normalized spacial score (nSPS) is 10.3. The fraction of sp³-hybridized carbons (Fsp3) is 0.455. The number of aromatic nitrogens is 1. The molecular weight excluding hydrogens is 206 g/mol. The zero-order valence-corrected chi connectivity index (χ0v) is 10.2. The number of amidine groups is 1. The number of aryl methyl sites for hydroxylation is 2. The molecule has 0 aromatic carbocycles. The largest absolute Gasteiger partial charge is 0.384 e. The summed E-state index contributed by atoms with van der Waals surface area (Å²) in [5, 5.41) is 8.44. The third-order valence-corrected chi connectivity index (χ3v) is 3.20. The van der Waals surface area contributed by atoms with E-state index in [1.165, 1.54) is 0 Å². The van der Waals surface area contributed by atoms with Crippen molar-refractivity contribution in [3.8, 4) is 0 Å². The van der Waals surface area contributed by atoms with Gasteiger partial charge in [-0.25, -0.2) is 4.98 Å². The summed E-state index contributed by atoms with van der Waals surface area (Å²) in [6, 6.07) is 1.97. The molecule has 0 fully saturated rings. The second-order valence-electron chi connectivity index (χ2n) is 3.52. The Balaban J connectivity index is 3.14. The Hall–Kier alpha value is -1.03. The monoisotopic (exact) mass is 223 g/mol. The fourth-order valence-electron chi connectivity index (χ4n) is 1.43. The molecule has 0 bridgehead atoms. The maximum absolute atomic E-state index is 7.55. The van der Waals surface area contributed by atoms with E-state index in [1.807, 2.05) is 19.9 Å². The number of rotatable bonds is 4. The van der Waals surface area contributed by atoms with Crippen LogP contribution < -0.4 is 5.73 Å². The minimum Gasteiger partial charge on any atom is -0.384 e. The molecule has 0 aliphatic heterocycles. The summed E-state index contributed by atoms with van der Waals surface area (Å²) < 4.78 is 0. The molecule has 0 atom stereocenters. The van der Waals surface area contributed by atoms with Gasteiger partial charge in [-0.1, -0.05) is 6.92 Å². The first-order valence-corrected chi connectivity index (χ1v) is 6.00. The first-order valence-electron chi connectivity index (χ1n) is 5.01. The Bertz CT molecular complexity index is 374. The van der Waals surface area contributed by atoms with Gasteiger partial charge < -0.3 is 5.73 Å². The van der Waals surface area contributed by atoms with Gasteiger partial charge in [0.05, 0.1) is 5.56 Å². The van der Waals surface area contributed by atoms with Crippen LogP contribution in [0.2, 0.25) is 0 Å². The van der Waals surface area contributed by atoms with Crippen LogP contribution >= 0.6 is 11.8 Å². The average Bonchev–Trinajstić information content (AvgIpc) is 2.12. The molecule has 15 heavy (non-hydrogen) atoms. The molecule has 0 unspecified atom stereocenters. The Morgan fingerprint density at radius 3 is 2.73 bits per heavy atom. The zero-order chi connectivity index (χ0) is 11.4. The molecule has 1 rings (SSSR count). The van der Waals surface area contributed by atoms with Crippen molar-refractivity contribution < 1.29 is 0 Å². The standard InChI is InChI=1S/C11H17N3S/c1-4-5-15-11-9(10(12)13)7(2)6-8(3)14-11/h6H,4-5H2,1-3H3,(H3,12,13). The first-order chi connectivity index (χ1) is 7.06. The lowest BCUT2D eigenvalue weighted by Gasteiger charge is -2.10. The zero-order valence-electron chi connectivity index (χ0n) is 9.42. The summed E-state index contributed by atoms with van der Waals surface area (Å²) in [6.45, 7) is 6.07. The summed E-state index contributed by atoms with van der Waals surface area (Å²) in [5.74, 6) is 1.12. The lowest BCUT2D eigenvalue weighted by molar-refractivity contribution is 1.02. The van der Waals surface area contributed by atoms with Crippen molar-refractivity contribution in [2.24, 2.45) is 5.73 Å². The van der Waals surface area contributed by atoms with Gasteiger partial charge >= 0.3 is 0 Å². The maximum Gasteiger partial charge on any atom is 0.125 e. The van der Waals surface area contributed by atoms with Crippen molar-refractivity contribution in [1.82, 2.24) is 4.98 Å². The van der Waals surface area contributed by atoms with Crippen LogP contribution in [-0.4, -0.2) is 16.6 Å². The van der Waals surface area contributed by atoms with Crippen LogP contribution in [0, 0.1) is 19.3 Å². The molecule has 0 aliphatic carbocycles. The van der Waals surface area contributed by atoms with Gasteiger partial charge in [0.1, 0.15) is 10.9 Å². The number of hydrogen-bond acceptors (Lipinski definition) is 3. The van der Waals surface area contributed by atoms with Crippen LogP contribution in [0.3, 0.4) is 0 Å². The minimum atomic E-state index is 0.110. The van der Waals surface area contributed by atoms with E-state index in [0.717, 1.165) is 34.0 Å². The Morgan fingerprint density at radius 1 is 1.53 bits per heavy atom. The Morgan fingerprint density at radius 2 is 2.20 bits per heavy atom. The van der Waals surface area contributed by atoms with Gasteiger partial charge in [-0.15, -0.1) is 11.8 Å². The van der Waals surface area contributed by atoms with E-state index in [2.05, 4.69) is 11.9 Å². The Labute approximate surface area is 95.0 Å². The van der Waals surface area contributed by atoms with E-state index in [-0.39, 0.29) is 5.84 Å². The highest BCUT2D eigenvalue weighted by molar-refractivity contribution is 7.99. The van der Waals surface area contributed by atoms with Gasteiger partial charge in [-0.3, -0.25) is 5.41 Å². The highest BCUT2D eigenvalue weighted by Gasteiger charge is 2.11. The summed E-state index contributed by atoms with van der Waals surface area (Å²) in [6.07, 6.45) is 1.09. The molecule has 0 saturated heterocycles. The van der Waals surface area contributed by atoms with Gasteiger partial charge in [0.15, 0.2) is 0 Å². The highest BCUT2D eigenvalue weighted by Crippen LogP contribution is 2.24. The topological polar surface area (TPSA) is 62.8 Å². The van der Waals surface area contributed by atoms with Crippen LogP contribution in [0.25, 0.3) is 0 Å². The summed E-state index contributed by atoms with van der Waals surface area (Å²) in [4.78, 5) is 4.43. The van der Waals surface area contributed by atoms with E-state index in [1.54, 1.807) is 11.8 Å². The lowest BCUT2D eigenvalue weighted by atomic mass is 10.1. The van der Waals surface area contributed by atoms with E-state index in [9.17, 15) is 0 Å². The van der Waals surface area contributed by atoms with Crippen molar-refractivity contribution in [3.05, 3.63) is 22.9 Å². The second kappa shape index (κ2) is 5.16. The average molecular weight is 223 g/mol. The number of nitrogens with zero attached hydrogens (tertiary/aromatic N) is 1. The number of thioether (sulfide) groups is 1. The van der Waals surface area contributed by atoms with E-state index < -0.39 is 0 Å². The third-order valence-electron chi connectivity index (χ3n) is 2.02. The van der Waals surface area contributed by atoms with E-state index in [4.69, 9.17) is 11.1 Å². The van der Waals surface area contributed by atoms with Crippen LogP contribution in [0.15, 0.2) is 11.1 Å². The number of nitrogen functional groups attached to an aromatic ring is 1. The predicted octanol–water partition coefficient (Wildman–Crippen LogP) is 2.48. The first kappa shape index (κ1) is 12.0. The SMILES string of the molecule is CCCSc1nc(C)cc(C)c1C(=N)N. The summed E-state index contributed by atoms with van der Waals surface area (Å²) >= 11 is 1.67. The number of hydrogen-bond donors (Lipinski definition) is 2. The molecule has 0 saturated carbocycles. The number of pyridine rings is 1. The molecule has 1 aromatic rings. The van der Waals surface area contributed by atoms with Gasteiger partial charge in [0, 0.05) is 5.69 Å². The van der Waals surface area contributed by atoms with E-state index >= 15 is 0 Å². The summed E-state index contributed by atoms with van der Waals surface area (Å²) in [7, 11) is 0. The molecule has 82 valence electrons. The van der Waals surface area contributed by atoms with Gasteiger partial charge in [-0.05, 0) is 37.7 Å². The summed E-state index contributed by atoms with van der Waals surface area (Å²) in [5.41, 5.74) is 8.38. The Kier molecular flexibility index (Phi) is 4.15. The molecule has 0 spiro atoms. The van der Waals surface area contributed by atoms with Crippen molar-refractivity contribution in [2.45, 2.75) is 32.2 Å². The predicted molar refractivity (Wildman–Crippen MR) is 65.7 cm³/mol. The van der Waals surface area contributed by atoms with Crippen LogP contribution in [0.4, 0.5) is 0 Å². The third kappa shape index (κ3) is 2.96. The molecule has 0 radical (unpaired) electrons. The molecule has 0 aliphatic rings. The number of nitrogens with two attached hydrogens (primary N) is 1. The van der Waals surface area contributed by atoms with Crippen molar-refractivity contribution in [2.75, 3.05) is 5.75 Å². The van der Waals surface area contributed by atoms with Gasteiger partial charge in [0.25, 0.3) is 0 Å². The smallest absolute Gasteiger partial charge is 0.125 e. The molecule has 1 aromatic heterocycles. The lowest BCUT2D eigenvalue weighted by Crippen LogP contribution is -2.15. The van der Waals surface area contributed by atoms with E-state index in [0.29, 0.717) is 0 Å². The molecule has 3 N–H and O–H groups in total. The molecule has 4 heteroatoms. The van der Waals surface area contributed by atoms with Crippen molar-refractivity contribution in [1.29, 1.82) is 5.41 Å².